The Bertz CT molecular complexity index is 2900. The second-order valence-electron chi connectivity index (χ2n) is 12.7. The highest BCUT2D eigenvalue weighted by Crippen LogP contribution is 2.50. The first kappa shape index (κ1) is 26.4. The maximum atomic E-state index is 5.42. The normalized spacial score (nSPS) is 12.4. The molecule has 5 nitrogen and oxygen atoms in total. The lowest BCUT2D eigenvalue weighted by Crippen LogP contribution is -2.16. The maximum absolute atomic E-state index is 5.42. The van der Waals surface area contributed by atoms with Gasteiger partial charge in [0.25, 0.3) is 0 Å². The lowest BCUT2D eigenvalue weighted by molar-refractivity contribution is 1.01. The molecule has 1 aliphatic rings. The van der Waals surface area contributed by atoms with Crippen molar-refractivity contribution in [3.05, 3.63) is 164 Å². The van der Waals surface area contributed by atoms with Crippen LogP contribution in [0.15, 0.2) is 164 Å². The summed E-state index contributed by atoms with van der Waals surface area (Å²) in [4.78, 5) is 13.0. The third-order valence-corrected chi connectivity index (χ3v) is 10.0. The lowest BCUT2D eigenvalue weighted by Gasteiger charge is -2.32. The fourth-order valence-electron chi connectivity index (χ4n) is 8.00. The van der Waals surface area contributed by atoms with Crippen molar-refractivity contribution in [3.63, 3.8) is 0 Å². The van der Waals surface area contributed by atoms with Gasteiger partial charge in [-0.05, 0) is 66.7 Å². The van der Waals surface area contributed by atoms with Crippen LogP contribution in [0.3, 0.4) is 0 Å². The molecule has 0 atom stereocenters. The van der Waals surface area contributed by atoms with Crippen molar-refractivity contribution in [1.82, 2.24) is 19.1 Å². The zero-order chi connectivity index (χ0) is 32.1. The first-order valence-electron chi connectivity index (χ1n) is 16.6. The largest absolute Gasteiger partial charge is 0.309 e. The number of benzene rings is 7. The Morgan fingerprint density at radius 1 is 0.388 bits per heavy atom. The Hall–Kier alpha value is -6.72. The number of hydrogen-bond acceptors (Lipinski definition) is 3. The van der Waals surface area contributed by atoms with Crippen LogP contribution < -0.4 is 4.90 Å². The molecule has 3 aromatic heterocycles. The van der Waals surface area contributed by atoms with Crippen molar-refractivity contribution >= 4 is 71.6 Å². The van der Waals surface area contributed by atoms with E-state index < -0.39 is 0 Å². The van der Waals surface area contributed by atoms with Gasteiger partial charge in [0.1, 0.15) is 0 Å². The minimum atomic E-state index is 0.665. The lowest BCUT2D eigenvalue weighted by atomic mass is 9.96. The molecule has 0 N–H and O–H groups in total. The quantitative estimate of drug-likeness (QED) is 0.196. The summed E-state index contributed by atoms with van der Waals surface area (Å²) in [7, 11) is 0. The van der Waals surface area contributed by atoms with Gasteiger partial charge in [-0.2, -0.15) is 0 Å². The first-order chi connectivity index (χ1) is 24.3. The molecular weight excluding hydrogens is 599 g/mol. The molecule has 4 heterocycles. The highest BCUT2D eigenvalue weighted by atomic mass is 15.2. The van der Waals surface area contributed by atoms with Gasteiger partial charge in [-0.1, -0.05) is 97.1 Å². The van der Waals surface area contributed by atoms with Crippen molar-refractivity contribution in [1.29, 1.82) is 0 Å². The number of fused-ring (bicyclic) bond motifs is 8. The summed E-state index contributed by atoms with van der Waals surface area (Å²) in [5.41, 5.74) is 11.9. The van der Waals surface area contributed by atoms with E-state index >= 15 is 0 Å². The first-order valence-corrected chi connectivity index (χ1v) is 16.6. The summed E-state index contributed by atoms with van der Waals surface area (Å²) in [6.07, 6.45) is 0. The van der Waals surface area contributed by atoms with Crippen LogP contribution in [0, 0.1) is 0 Å². The smallest absolute Gasteiger partial charge is 0.235 e. The van der Waals surface area contributed by atoms with Gasteiger partial charge >= 0.3 is 0 Å². The van der Waals surface area contributed by atoms with Gasteiger partial charge in [-0.3, -0.25) is 4.57 Å². The van der Waals surface area contributed by atoms with E-state index in [1.807, 2.05) is 0 Å². The molecule has 0 aliphatic carbocycles. The third kappa shape index (κ3) is 3.64. The van der Waals surface area contributed by atoms with E-state index in [1.54, 1.807) is 0 Å². The number of anilines is 3. The molecule has 49 heavy (non-hydrogen) atoms. The summed E-state index contributed by atoms with van der Waals surface area (Å²) in [5.74, 6) is 0.665. The molecule has 228 valence electrons. The minimum Gasteiger partial charge on any atom is -0.309 e. The molecule has 0 unspecified atom stereocenters. The Labute approximate surface area is 281 Å². The van der Waals surface area contributed by atoms with E-state index in [2.05, 4.69) is 178 Å². The fourth-order valence-corrected chi connectivity index (χ4v) is 8.00. The van der Waals surface area contributed by atoms with Crippen molar-refractivity contribution in [2.45, 2.75) is 0 Å². The van der Waals surface area contributed by atoms with E-state index in [1.165, 1.54) is 27.2 Å². The van der Waals surface area contributed by atoms with Gasteiger partial charge in [0.2, 0.25) is 5.95 Å². The van der Waals surface area contributed by atoms with Crippen molar-refractivity contribution < 1.29 is 0 Å². The van der Waals surface area contributed by atoms with Gasteiger partial charge in [0.05, 0.1) is 50.0 Å². The molecule has 0 amide bonds. The second kappa shape index (κ2) is 9.89. The van der Waals surface area contributed by atoms with Crippen LogP contribution in [0.2, 0.25) is 0 Å². The average Bonchev–Trinajstić information content (AvgIpc) is 3.68. The summed E-state index contributed by atoms with van der Waals surface area (Å²) < 4.78 is 4.61. The van der Waals surface area contributed by atoms with Crippen molar-refractivity contribution in [2.24, 2.45) is 0 Å². The zero-order valence-electron chi connectivity index (χ0n) is 26.3. The Morgan fingerprint density at radius 3 is 1.73 bits per heavy atom. The average molecular weight is 626 g/mol. The predicted molar refractivity (Wildman–Crippen MR) is 202 cm³/mol. The molecule has 7 aromatic carbocycles. The number of hydrogen-bond donors (Lipinski definition) is 0. The standard InChI is InChI=1S/C44H27N5/c1-2-13-28(14-3-1)47-39-23-11-7-18-33(39)43-42-35(19-12-24-41(42)47)45-44(46-43)49-38-22-10-6-17-32(38)34-27-29(25-26-40(34)49)48-36-20-8-4-15-30(36)31-16-5-9-21-37(31)48/h1-27H. The van der Waals surface area contributed by atoms with E-state index in [9.17, 15) is 0 Å². The van der Waals surface area contributed by atoms with Gasteiger partial charge in [0.15, 0.2) is 0 Å². The Kier molecular flexibility index (Phi) is 5.32. The van der Waals surface area contributed by atoms with E-state index in [-0.39, 0.29) is 0 Å². The molecule has 0 bridgehead atoms. The van der Waals surface area contributed by atoms with Gasteiger partial charge < -0.3 is 9.47 Å². The Balaban J connectivity index is 1.18. The zero-order valence-corrected chi connectivity index (χ0v) is 26.3. The van der Waals surface area contributed by atoms with E-state index in [0.29, 0.717) is 5.95 Å². The molecular formula is C44H27N5. The molecule has 0 saturated heterocycles. The minimum absolute atomic E-state index is 0.665. The van der Waals surface area contributed by atoms with E-state index in [0.717, 1.165) is 61.3 Å². The van der Waals surface area contributed by atoms with Gasteiger partial charge in [-0.15, -0.1) is 0 Å². The predicted octanol–water partition coefficient (Wildman–Crippen LogP) is 11.3. The maximum Gasteiger partial charge on any atom is 0.235 e. The van der Waals surface area contributed by atoms with Crippen LogP contribution in [-0.4, -0.2) is 19.1 Å². The van der Waals surface area contributed by atoms with Gasteiger partial charge in [0, 0.05) is 38.5 Å². The highest BCUT2D eigenvalue weighted by molar-refractivity contribution is 6.14. The summed E-state index contributed by atoms with van der Waals surface area (Å²) in [6, 6.07) is 58.2. The second-order valence-corrected chi connectivity index (χ2v) is 12.7. The van der Waals surface area contributed by atoms with Crippen LogP contribution in [-0.2, 0) is 0 Å². The SMILES string of the molecule is c1ccc(N2c3ccccc3-c3nc(-n4c5ccccc5c5cc(-n6c7ccccc7c7ccccc76)ccc54)nc4cccc2c34)cc1. The Morgan fingerprint density at radius 2 is 0.980 bits per heavy atom. The van der Waals surface area contributed by atoms with Crippen LogP contribution >= 0.6 is 0 Å². The van der Waals surface area contributed by atoms with Crippen molar-refractivity contribution in [3.8, 4) is 22.9 Å². The fraction of sp³-hybridized carbons (Fsp3) is 0. The summed E-state index contributed by atoms with van der Waals surface area (Å²) in [6.45, 7) is 0. The van der Waals surface area contributed by atoms with Crippen LogP contribution in [0.25, 0.3) is 77.4 Å². The van der Waals surface area contributed by atoms with Crippen LogP contribution in [0.1, 0.15) is 0 Å². The monoisotopic (exact) mass is 625 g/mol. The number of para-hydroxylation sites is 5. The molecule has 11 rings (SSSR count). The third-order valence-electron chi connectivity index (χ3n) is 10.0. The summed E-state index contributed by atoms with van der Waals surface area (Å²) in [5, 5.41) is 5.90. The number of rotatable bonds is 3. The molecule has 5 heteroatoms. The summed E-state index contributed by atoms with van der Waals surface area (Å²) >= 11 is 0. The highest BCUT2D eigenvalue weighted by Gasteiger charge is 2.28. The van der Waals surface area contributed by atoms with Crippen LogP contribution in [0.4, 0.5) is 17.1 Å². The van der Waals surface area contributed by atoms with Gasteiger partial charge in [-0.25, -0.2) is 9.97 Å². The molecule has 0 radical (unpaired) electrons. The van der Waals surface area contributed by atoms with Crippen LogP contribution in [0.5, 0.6) is 0 Å². The number of nitrogens with zero attached hydrogens (tertiary/aromatic N) is 5. The van der Waals surface area contributed by atoms with Crippen molar-refractivity contribution in [2.75, 3.05) is 4.90 Å². The molecule has 1 aliphatic heterocycles. The number of aromatic nitrogens is 4. The molecule has 0 saturated carbocycles. The van der Waals surface area contributed by atoms with E-state index in [4.69, 9.17) is 9.97 Å². The molecule has 10 aromatic rings. The topological polar surface area (TPSA) is 38.9 Å². The molecule has 0 fully saturated rings. The molecule has 0 spiro atoms.